The molecule has 0 aliphatic rings. The molecule has 1 aromatic carbocycles. The SMILES string of the molecule is CNCCSCc1ccccc1C#N. The molecule has 0 aliphatic carbocycles. The van der Waals surface area contributed by atoms with Gasteiger partial charge in [-0.3, -0.25) is 0 Å². The van der Waals surface area contributed by atoms with Gasteiger partial charge in [-0.1, -0.05) is 18.2 Å². The highest BCUT2D eigenvalue weighted by atomic mass is 32.2. The van der Waals surface area contributed by atoms with Crippen LogP contribution in [-0.4, -0.2) is 19.3 Å². The summed E-state index contributed by atoms with van der Waals surface area (Å²) in [6.07, 6.45) is 0. The summed E-state index contributed by atoms with van der Waals surface area (Å²) in [6.45, 7) is 1.01. The van der Waals surface area contributed by atoms with E-state index in [2.05, 4.69) is 11.4 Å². The molecule has 0 aliphatic heterocycles. The van der Waals surface area contributed by atoms with E-state index < -0.39 is 0 Å². The number of thioether (sulfide) groups is 1. The van der Waals surface area contributed by atoms with E-state index in [9.17, 15) is 0 Å². The lowest BCUT2D eigenvalue weighted by Crippen LogP contribution is -2.09. The molecule has 0 heterocycles. The van der Waals surface area contributed by atoms with Gasteiger partial charge in [0.25, 0.3) is 0 Å². The molecule has 74 valence electrons. The molecule has 0 aromatic heterocycles. The maximum absolute atomic E-state index is 8.85. The number of hydrogen-bond donors (Lipinski definition) is 1. The summed E-state index contributed by atoms with van der Waals surface area (Å²) in [5.74, 6) is 2.00. The van der Waals surface area contributed by atoms with Gasteiger partial charge in [0.1, 0.15) is 0 Å². The Labute approximate surface area is 89.3 Å². The van der Waals surface area contributed by atoms with Gasteiger partial charge >= 0.3 is 0 Å². The summed E-state index contributed by atoms with van der Waals surface area (Å²) < 4.78 is 0. The molecule has 0 spiro atoms. The lowest BCUT2D eigenvalue weighted by atomic mass is 10.1. The molecule has 14 heavy (non-hydrogen) atoms. The number of nitrogens with zero attached hydrogens (tertiary/aromatic N) is 1. The Morgan fingerprint density at radius 2 is 2.21 bits per heavy atom. The molecule has 0 radical (unpaired) electrons. The smallest absolute Gasteiger partial charge is 0.0994 e. The Hall–Kier alpha value is -0.980. The molecule has 0 amide bonds. The summed E-state index contributed by atoms with van der Waals surface area (Å²) in [5, 5.41) is 11.9. The minimum atomic E-state index is 0.796. The third-order valence-electron chi connectivity index (χ3n) is 1.89. The molecule has 0 saturated carbocycles. The molecule has 0 atom stereocenters. The molecule has 1 aromatic rings. The lowest BCUT2D eigenvalue weighted by Gasteiger charge is -2.03. The molecular formula is C11H14N2S. The van der Waals surface area contributed by atoms with Crippen LogP contribution in [0, 0.1) is 11.3 Å². The van der Waals surface area contributed by atoms with Gasteiger partial charge in [0.05, 0.1) is 11.6 Å². The van der Waals surface area contributed by atoms with E-state index in [1.54, 1.807) is 0 Å². The van der Waals surface area contributed by atoms with Crippen molar-refractivity contribution < 1.29 is 0 Å². The fourth-order valence-corrected chi connectivity index (χ4v) is 2.08. The van der Waals surface area contributed by atoms with Crippen LogP contribution in [0.5, 0.6) is 0 Å². The first-order valence-corrected chi connectivity index (χ1v) is 5.74. The fraction of sp³-hybridized carbons (Fsp3) is 0.364. The fourth-order valence-electron chi connectivity index (χ4n) is 1.11. The first-order valence-electron chi connectivity index (χ1n) is 4.59. The third kappa shape index (κ3) is 3.41. The van der Waals surface area contributed by atoms with E-state index in [0.717, 1.165) is 29.2 Å². The second-order valence-corrected chi connectivity index (χ2v) is 4.03. The Morgan fingerprint density at radius 1 is 1.43 bits per heavy atom. The van der Waals surface area contributed by atoms with E-state index in [1.807, 2.05) is 43.1 Å². The number of rotatable bonds is 5. The Kier molecular flexibility index (Phi) is 5.13. The number of nitrogens with one attached hydrogen (secondary N) is 1. The molecule has 3 heteroatoms. The second-order valence-electron chi connectivity index (χ2n) is 2.93. The van der Waals surface area contributed by atoms with Crippen molar-refractivity contribution in [2.45, 2.75) is 5.75 Å². The molecule has 1 N–H and O–H groups in total. The van der Waals surface area contributed by atoms with Crippen LogP contribution in [-0.2, 0) is 5.75 Å². The van der Waals surface area contributed by atoms with E-state index in [-0.39, 0.29) is 0 Å². The largest absolute Gasteiger partial charge is 0.319 e. The van der Waals surface area contributed by atoms with Crippen LogP contribution in [0.2, 0.25) is 0 Å². The summed E-state index contributed by atoms with van der Waals surface area (Å²) >= 11 is 1.85. The average Bonchev–Trinajstić information content (AvgIpc) is 2.25. The van der Waals surface area contributed by atoms with Gasteiger partial charge in [-0.15, -0.1) is 0 Å². The predicted octanol–water partition coefficient (Wildman–Crippen LogP) is 2.01. The van der Waals surface area contributed by atoms with Gasteiger partial charge in [-0.25, -0.2) is 0 Å². The van der Waals surface area contributed by atoms with Crippen molar-refractivity contribution in [3.8, 4) is 6.07 Å². The van der Waals surface area contributed by atoms with Crippen LogP contribution < -0.4 is 5.32 Å². The topological polar surface area (TPSA) is 35.8 Å². The van der Waals surface area contributed by atoms with E-state index in [4.69, 9.17) is 5.26 Å². The molecule has 0 fully saturated rings. The normalized spacial score (nSPS) is 9.71. The monoisotopic (exact) mass is 206 g/mol. The third-order valence-corrected chi connectivity index (χ3v) is 2.90. The van der Waals surface area contributed by atoms with E-state index in [1.165, 1.54) is 0 Å². The second kappa shape index (κ2) is 6.47. The summed E-state index contributed by atoms with van der Waals surface area (Å²) in [7, 11) is 1.95. The first-order chi connectivity index (χ1) is 6.88. The van der Waals surface area contributed by atoms with Crippen LogP contribution in [0.25, 0.3) is 0 Å². The summed E-state index contributed by atoms with van der Waals surface area (Å²) in [6, 6.07) is 9.98. The zero-order valence-electron chi connectivity index (χ0n) is 8.29. The number of nitriles is 1. The van der Waals surface area contributed by atoms with Crippen LogP contribution in [0.4, 0.5) is 0 Å². The van der Waals surface area contributed by atoms with Crippen LogP contribution in [0.1, 0.15) is 11.1 Å². The van der Waals surface area contributed by atoms with Crippen molar-refractivity contribution in [2.24, 2.45) is 0 Å². The number of benzene rings is 1. The quantitative estimate of drug-likeness (QED) is 0.749. The highest BCUT2D eigenvalue weighted by Gasteiger charge is 1.99. The predicted molar refractivity (Wildman–Crippen MR) is 61.2 cm³/mol. The van der Waals surface area contributed by atoms with Crippen molar-refractivity contribution in [2.75, 3.05) is 19.3 Å². The van der Waals surface area contributed by atoms with Gasteiger partial charge in [-0.2, -0.15) is 17.0 Å². The average molecular weight is 206 g/mol. The number of hydrogen-bond acceptors (Lipinski definition) is 3. The Morgan fingerprint density at radius 3 is 2.93 bits per heavy atom. The van der Waals surface area contributed by atoms with Crippen LogP contribution in [0.15, 0.2) is 24.3 Å². The van der Waals surface area contributed by atoms with E-state index >= 15 is 0 Å². The van der Waals surface area contributed by atoms with Crippen LogP contribution >= 0.6 is 11.8 Å². The summed E-state index contributed by atoms with van der Waals surface area (Å²) in [4.78, 5) is 0. The van der Waals surface area contributed by atoms with Crippen molar-refractivity contribution in [3.05, 3.63) is 35.4 Å². The molecule has 2 nitrogen and oxygen atoms in total. The first kappa shape index (κ1) is 11.1. The van der Waals surface area contributed by atoms with Crippen molar-refractivity contribution in [1.29, 1.82) is 5.26 Å². The summed E-state index contributed by atoms with van der Waals surface area (Å²) in [5.41, 5.74) is 1.93. The highest BCUT2D eigenvalue weighted by molar-refractivity contribution is 7.98. The van der Waals surface area contributed by atoms with Gasteiger partial charge in [0.15, 0.2) is 0 Å². The standard InChI is InChI=1S/C11H14N2S/c1-13-6-7-14-9-11-5-3-2-4-10(11)8-12/h2-5,13H,6-7,9H2,1H3. The van der Waals surface area contributed by atoms with Gasteiger partial charge in [0, 0.05) is 18.1 Å². The van der Waals surface area contributed by atoms with Gasteiger partial charge in [0.2, 0.25) is 0 Å². The zero-order valence-corrected chi connectivity index (χ0v) is 9.10. The minimum Gasteiger partial charge on any atom is -0.319 e. The maximum Gasteiger partial charge on any atom is 0.0994 e. The molecular weight excluding hydrogens is 192 g/mol. The van der Waals surface area contributed by atoms with Gasteiger partial charge in [-0.05, 0) is 18.7 Å². The van der Waals surface area contributed by atoms with Crippen molar-refractivity contribution in [3.63, 3.8) is 0 Å². The minimum absolute atomic E-state index is 0.796. The molecule has 0 bridgehead atoms. The van der Waals surface area contributed by atoms with Crippen molar-refractivity contribution >= 4 is 11.8 Å². The van der Waals surface area contributed by atoms with Crippen LogP contribution in [0.3, 0.4) is 0 Å². The highest BCUT2D eigenvalue weighted by Crippen LogP contribution is 2.15. The van der Waals surface area contributed by atoms with Gasteiger partial charge < -0.3 is 5.32 Å². The van der Waals surface area contributed by atoms with E-state index in [0.29, 0.717) is 0 Å². The molecule has 0 saturated heterocycles. The Balaban J connectivity index is 2.46. The zero-order chi connectivity index (χ0) is 10.2. The lowest BCUT2D eigenvalue weighted by molar-refractivity contribution is 0.872. The van der Waals surface area contributed by atoms with Crippen molar-refractivity contribution in [1.82, 2.24) is 5.32 Å². The molecule has 1 rings (SSSR count). The Bertz CT molecular complexity index is 317. The maximum atomic E-state index is 8.85. The molecule has 0 unspecified atom stereocenters.